The van der Waals surface area contributed by atoms with E-state index in [2.05, 4.69) is 16.8 Å². The third kappa shape index (κ3) is 1.70. The Balaban J connectivity index is 1.75. The van der Waals surface area contributed by atoms with Gasteiger partial charge in [0.2, 0.25) is 0 Å². The van der Waals surface area contributed by atoms with Crippen molar-refractivity contribution in [3.8, 4) is 0 Å². The van der Waals surface area contributed by atoms with Gasteiger partial charge >= 0.3 is 0 Å². The Labute approximate surface area is 77.0 Å². The number of hydrogen-bond donors (Lipinski definition) is 1. The van der Waals surface area contributed by atoms with E-state index >= 15 is 0 Å². The number of aliphatic hydroxyl groups is 1. The maximum absolute atomic E-state index is 9.34. The lowest BCUT2D eigenvalue weighted by molar-refractivity contribution is 0.0197. The highest BCUT2D eigenvalue weighted by atomic mass is 32.1. The lowest BCUT2D eigenvalue weighted by Crippen LogP contribution is -2.31. The molecule has 1 saturated carbocycles. The third-order valence-electron chi connectivity index (χ3n) is 2.76. The van der Waals surface area contributed by atoms with Gasteiger partial charge in [-0.1, -0.05) is 0 Å². The van der Waals surface area contributed by atoms with E-state index in [1.54, 1.807) is 11.3 Å². The van der Waals surface area contributed by atoms with Crippen molar-refractivity contribution in [3.63, 3.8) is 0 Å². The predicted molar refractivity (Wildman–Crippen MR) is 51.4 cm³/mol. The third-order valence-corrected chi connectivity index (χ3v) is 3.49. The van der Waals surface area contributed by atoms with Crippen molar-refractivity contribution in [3.05, 3.63) is 22.4 Å². The van der Waals surface area contributed by atoms with E-state index in [4.69, 9.17) is 0 Å². The molecule has 0 aromatic carbocycles. The zero-order chi connectivity index (χ0) is 8.39. The fraction of sp³-hybridized carbons (Fsp3) is 0.600. The number of thiophene rings is 1. The average molecular weight is 182 g/mol. The molecular formula is C10H14OS. The first-order valence-electron chi connectivity index (χ1n) is 4.55. The van der Waals surface area contributed by atoms with Crippen LogP contribution in [0.4, 0.5) is 0 Å². The van der Waals surface area contributed by atoms with Crippen LogP contribution >= 0.6 is 11.3 Å². The van der Waals surface area contributed by atoms with Crippen LogP contribution in [0.3, 0.4) is 0 Å². The molecule has 2 unspecified atom stereocenters. The van der Waals surface area contributed by atoms with Gasteiger partial charge in [-0.15, -0.1) is 0 Å². The second kappa shape index (κ2) is 3.58. The van der Waals surface area contributed by atoms with Crippen LogP contribution in [0.2, 0.25) is 0 Å². The largest absolute Gasteiger partial charge is 0.393 e. The highest BCUT2D eigenvalue weighted by Gasteiger charge is 2.27. The van der Waals surface area contributed by atoms with Crippen molar-refractivity contribution < 1.29 is 5.11 Å². The van der Waals surface area contributed by atoms with Crippen LogP contribution < -0.4 is 0 Å². The highest BCUT2D eigenvalue weighted by Crippen LogP contribution is 2.31. The second-order valence-corrected chi connectivity index (χ2v) is 4.36. The van der Waals surface area contributed by atoms with Crippen LogP contribution in [-0.2, 0) is 6.42 Å². The molecule has 2 rings (SSSR count). The zero-order valence-corrected chi connectivity index (χ0v) is 7.89. The summed E-state index contributed by atoms with van der Waals surface area (Å²) in [6, 6.07) is 2.18. The minimum absolute atomic E-state index is 0.00337. The summed E-state index contributed by atoms with van der Waals surface area (Å²) in [6.45, 7) is 0. The molecule has 1 aromatic rings. The summed E-state index contributed by atoms with van der Waals surface area (Å²) in [7, 11) is 0. The van der Waals surface area contributed by atoms with Crippen LogP contribution in [-0.4, -0.2) is 11.2 Å². The van der Waals surface area contributed by atoms with Crippen molar-refractivity contribution >= 4 is 11.3 Å². The van der Waals surface area contributed by atoms with Gasteiger partial charge in [-0.2, -0.15) is 11.3 Å². The molecule has 1 nitrogen and oxygen atoms in total. The number of rotatable bonds is 3. The molecule has 0 saturated heterocycles. The first kappa shape index (κ1) is 8.27. The van der Waals surface area contributed by atoms with Gasteiger partial charge in [0.05, 0.1) is 6.10 Å². The fourth-order valence-corrected chi connectivity index (χ4v) is 2.38. The molecule has 0 spiro atoms. The topological polar surface area (TPSA) is 20.2 Å². The second-order valence-electron chi connectivity index (χ2n) is 3.58. The molecule has 1 heterocycles. The molecule has 0 amide bonds. The van der Waals surface area contributed by atoms with Crippen molar-refractivity contribution in [2.45, 2.75) is 31.8 Å². The summed E-state index contributed by atoms with van der Waals surface area (Å²) >= 11 is 1.76. The fourth-order valence-electron chi connectivity index (χ4n) is 1.68. The van der Waals surface area contributed by atoms with Crippen molar-refractivity contribution in [1.82, 2.24) is 0 Å². The van der Waals surface area contributed by atoms with E-state index in [-0.39, 0.29) is 6.10 Å². The molecule has 1 fully saturated rings. The van der Waals surface area contributed by atoms with Crippen LogP contribution in [0.5, 0.6) is 0 Å². The summed E-state index contributed by atoms with van der Waals surface area (Å²) in [5.74, 6) is 0.588. The minimum Gasteiger partial charge on any atom is -0.393 e. The maximum atomic E-state index is 9.34. The molecule has 0 aliphatic heterocycles. The number of hydrogen-bond acceptors (Lipinski definition) is 2. The predicted octanol–water partition coefficient (Wildman–Crippen LogP) is 2.45. The standard InChI is InChI=1S/C10H14OS/c11-10-4-3-9(10)2-1-8-5-6-12-7-8/h5-7,9-11H,1-4H2. The molecule has 0 bridgehead atoms. The van der Waals surface area contributed by atoms with Crippen LogP contribution in [0.15, 0.2) is 16.8 Å². The lowest BCUT2D eigenvalue weighted by atomic mass is 9.78. The van der Waals surface area contributed by atoms with Crippen LogP contribution in [0.1, 0.15) is 24.8 Å². The number of aryl methyl sites for hydroxylation is 1. The summed E-state index contributed by atoms with van der Waals surface area (Å²) in [6.07, 6.45) is 4.56. The summed E-state index contributed by atoms with van der Waals surface area (Å²) in [5, 5.41) is 13.7. The molecule has 1 N–H and O–H groups in total. The Morgan fingerprint density at radius 1 is 1.50 bits per heavy atom. The Hall–Kier alpha value is -0.340. The van der Waals surface area contributed by atoms with Crippen LogP contribution in [0, 0.1) is 5.92 Å². The van der Waals surface area contributed by atoms with Gasteiger partial charge < -0.3 is 5.11 Å². The first-order valence-corrected chi connectivity index (χ1v) is 5.49. The Morgan fingerprint density at radius 2 is 2.42 bits per heavy atom. The van der Waals surface area contributed by atoms with Crippen LogP contribution in [0.25, 0.3) is 0 Å². The molecule has 2 heteroatoms. The van der Waals surface area contributed by atoms with Crippen molar-refractivity contribution in [1.29, 1.82) is 0 Å². The number of aliphatic hydroxyl groups excluding tert-OH is 1. The van der Waals surface area contributed by atoms with Gasteiger partial charge in [0.1, 0.15) is 0 Å². The average Bonchev–Trinajstić information content (AvgIpc) is 2.54. The van der Waals surface area contributed by atoms with Gasteiger partial charge in [0.25, 0.3) is 0 Å². The van der Waals surface area contributed by atoms with Gasteiger partial charge in [-0.3, -0.25) is 0 Å². The Morgan fingerprint density at radius 3 is 2.92 bits per heavy atom. The molecule has 66 valence electrons. The minimum atomic E-state index is 0.00337. The van der Waals surface area contributed by atoms with E-state index < -0.39 is 0 Å². The molecule has 1 aliphatic carbocycles. The smallest absolute Gasteiger partial charge is 0.0568 e. The van der Waals surface area contributed by atoms with Gasteiger partial charge in [0.15, 0.2) is 0 Å². The zero-order valence-electron chi connectivity index (χ0n) is 7.07. The van der Waals surface area contributed by atoms with Crippen molar-refractivity contribution in [2.75, 3.05) is 0 Å². The van der Waals surface area contributed by atoms with Gasteiger partial charge in [0, 0.05) is 0 Å². The normalized spacial score (nSPS) is 28.4. The molecule has 12 heavy (non-hydrogen) atoms. The summed E-state index contributed by atoms with van der Waals surface area (Å²) < 4.78 is 0. The summed E-state index contributed by atoms with van der Waals surface area (Å²) in [5.41, 5.74) is 1.43. The lowest BCUT2D eigenvalue weighted by Gasteiger charge is -2.32. The van der Waals surface area contributed by atoms with Gasteiger partial charge in [-0.25, -0.2) is 0 Å². The van der Waals surface area contributed by atoms with E-state index in [1.807, 2.05) is 0 Å². The van der Waals surface area contributed by atoms with E-state index in [9.17, 15) is 5.11 Å². The van der Waals surface area contributed by atoms with E-state index in [0.29, 0.717) is 5.92 Å². The summed E-state index contributed by atoms with van der Waals surface area (Å²) in [4.78, 5) is 0. The van der Waals surface area contributed by atoms with Gasteiger partial charge in [-0.05, 0) is 54.0 Å². The Bertz CT molecular complexity index is 230. The quantitative estimate of drug-likeness (QED) is 0.761. The molecule has 0 radical (unpaired) electrons. The van der Waals surface area contributed by atoms with E-state index in [1.165, 1.54) is 12.0 Å². The maximum Gasteiger partial charge on any atom is 0.0568 e. The van der Waals surface area contributed by atoms with E-state index in [0.717, 1.165) is 19.3 Å². The molecule has 2 atom stereocenters. The molecular weight excluding hydrogens is 168 g/mol. The van der Waals surface area contributed by atoms with Crippen molar-refractivity contribution in [2.24, 2.45) is 5.92 Å². The first-order chi connectivity index (χ1) is 5.86. The molecule has 1 aromatic heterocycles. The monoisotopic (exact) mass is 182 g/mol. The Kier molecular flexibility index (Phi) is 2.47. The SMILES string of the molecule is OC1CCC1CCc1ccsc1. The highest BCUT2D eigenvalue weighted by molar-refractivity contribution is 7.07. The molecule has 1 aliphatic rings.